The molecule has 30 heavy (non-hydrogen) atoms. The van der Waals surface area contributed by atoms with E-state index in [-0.39, 0.29) is 22.7 Å². The van der Waals surface area contributed by atoms with E-state index in [2.05, 4.69) is 10.5 Å². The summed E-state index contributed by atoms with van der Waals surface area (Å²) in [6.45, 7) is -1.34. The summed E-state index contributed by atoms with van der Waals surface area (Å²) < 4.78 is 10.1. The van der Waals surface area contributed by atoms with Gasteiger partial charge >= 0.3 is 11.9 Å². The summed E-state index contributed by atoms with van der Waals surface area (Å²) in [6.07, 6.45) is 1.21. The largest absolute Gasteiger partial charge is 0.479 e. The number of carbonyl (C=O) groups excluding carboxylic acids is 1. The van der Waals surface area contributed by atoms with E-state index in [1.807, 2.05) is 0 Å². The van der Waals surface area contributed by atoms with Crippen LogP contribution in [0.25, 0.3) is 0 Å². The smallest absolute Gasteiger partial charge is 0.341 e. The van der Waals surface area contributed by atoms with Crippen molar-refractivity contribution < 1.29 is 39.0 Å². The van der Waals surface area contributed by atoms with Crippen molar-refractivity contribution in [3.05, 3.63) is 63.7 Å². The maximum absolute atomic E-state index is 12.0. The Balaban J connectivity index is 2.11. The number of ether oxygens (including phenoxy) is 2. The van der Waals surface area contributed by atoms with Gasteiger partial charge in [-0.15, -0.1) is 0 Å². The summed E-state index contributed by atoms with van der Waals surface area (Å²) in [5.74, 6) is -3.18. The normalized spacial score (nSPS) is 10.4. The molecule has 2 aromatic rings. The van der Waals surface area contributed by atoms with Crippen molar-refractivity contribution in [1.29, 1.82) is 0 Å². The molecule has 156 valence electrons. The number of nitrogens with one attached hydrogen (secondary N) is 1. The number of hydrazone groups is 1. The van der Waals surface area contributed by atoms with Crippen molar-refractivity contribution >= 4 is 29.7 Å². The third kappa shape index (κ3) is 6.60. The van der Waals surface area contributed by atoms with Crippen LogP contribution in [0.2, 0.25) is 0 Å². The van der Waals surface area contributed by atoms with E-state index in [0.29, 0.717) is 5.56 Å². The first-order valence-corrected chi connectivity index (χ1v) is 8.17. The average molecular weight is 417 g/mol. The van der Waals surface area contributed by atoms with E-state index < -0.39 is 36.0 Å². The standard InChI is InChI=1S/C18H15N3O9/c22-16(23)9-29-14-5-4-11(6-15(14)30-10-17(24)25)8-19-20-18(26)12-2-1-3-13(7-12)21(27)28/h1-8H,9-10H2,(H,20,26)(H,22,23)(H,24,25)/b19-8+. The third-order valence-electron chi connectivity index (χ3n) is 3.37. The van der Waals surface area contributed by atoms with Gasteiger partial charge in [0.25, 0.3) is 11.6 Å². The van der Waals surface area contributed by atoms with Gasteiger partial charge in [-0.3, -0.25) is 14.9 Å². The first kappa shape index (κ1) is 21.8. The van der Waals surface area contributed by atoms with Crippen LogP contribution in [0.3, 0.4) is 0 Å². The monoisotopic (exact) mass is 417 g/mol. The fourth-order valence-electron chi connectivity index (χ4n) is 2.11. The first-order chi connectivity index (χ1) is 14.3. The van der Waals surface area contributed by atoms with E-state index in [1.165, 1.54) is 42.6 Å². The fraction of sp³-hybridized carbons (Fsp3) is 0.111. The number of rotatable bonds is 10. The van der Waals surface area contributed by atoms with Gasteiger partial charge in [0, 0.05) is 17.7 Å². The van der Waals surface area contributed by atoms with Gasteiger partial charge in [0.2, 0.25) is 0 Å². The molecule has 0 spiro atoms. The minimum absolute atomic E-state index is 0.0106. The summed E-state index contributed by atoms with van der Waals surface area (Å²) in [5, 5.41) is 31.9. The van der Waals surface area contributed by atoms with Crippen molar-refractivity contribution in [2.75, 3.05) is 13.2 Å². The molecule has 1 amide bonds. The maximum atomic E-state index is 12.0. The second-order valence-corrected chi connectivity index (χ2v) is 5.58. The molecule has 3 N–H and O–H groups in total. The predicted octanol–water partition coefficient (Wildman–Crippen LogP) is 1.29. The van der Waals surface area contributed by atoms with Gasteiger partial charge in [-0.25, -0.2) is 15.0 Å². The van der Waals surface area contributed by atoms with Gasteiger partial charge in [0.05, 0.1) is 11.1 Å². The number of non-ortho nitro benzene ring substituents is 1. The topological polar surface area (TPSA) is 178 Å². The quantitative estimate of drug-likeness (QED) is 0.292. The highest BCUT2D eigenvalue weighted by atomic mass is 16.6. The molecule has 0 aliphatic rings. The van der Waals surface area contributed by atoms with Crippen LogP contribution < -0.4 is 14.9 Å². The zero-order chi connectivity index (χ0) is 22.1. The highest BCUT2D eigenvalue weighted by Gasteiger charge is 2.12. The molecule has 2 rings (SSSR count). The summed E-state index contributed by atoms with van der Waals surface area (Å²) >= 11 is 0. The van der Waals surface area contributed by atoms with E-state index in [1.54, 1.807) is 0 Å². The highest BCUT2D eigenvalue weighted by molar-refractivity contribution is 5.95. The van der Waals surface area contributed by atoms with Gasteiger partial charge in [0.1, 0.15) is 0 Å². The predicted molar refractivity (Wildman–Crippen MR) is 101 cm³/mol. The van der Waals surface area contributed by atoms with Crippen molar-refractivity contribution in [3.63, 3.8) is 0 Å². The molecule has 0 saturated carbocycles. The maximum Gasteiger partial charge on any atom is 0.341 e. The van der Waals surface area contributed by atoms with Crippen molar-refractivity contribution in [3.8, 4) is 11.5 Å². The van der Waals surface area contributed by atoms with E-state index in [4.69, 9.17) is 19.7 Å². The second kappa shape index (κ2) is 10.2. The van der Waals surface area contributed by atoms with Crippen LogP contribution >= 0.6 is 0 Å². The molecule has 0 heterocycles. The molecule has 0 aliphatic carbocycles. The van der Waals surface area contributed by atoms with Gasteiger partial charge in [-0.1, -0.05) is 6.07 Å². The summed E-state index contributed by atoms with van der Waals surface area (Å²) in [5.41, 5.74) is 2.36. The van der Waals surface area contributed by atoms with Crippen LogP contribution in [0.15, 0.2) is 47.6 Å². The van der Waals surface area contributed by atoms with Crippen molar-refractivity contribution in [2.24, 2.45) is 5.10 Å². The number of nitrogens with zero attached hydrogens (tertiary/aromatic N) is 2. The van der Waals surface area contributed by atoms with Gasteiger partial charge < -0.3 is 19.7 Å². The lowest BCUT2D eigenvalue weighted by Crippen LogP contribution is -2.17. The van der Waals surface area contributed by atoms with Crippen LogP contribution in [0.1, 0.15) is 15.9 Å². The second-order valence-electron chi connectivity index (χ2n) is 5.58. The highest BCUT2D eigenvalue weighted by Crippen LogP contribution is 2.28. The Kier molecular flexibility index (Phi) is 7.40. The Hall–Kier alpha value is -4.48. The number of hydrogen-bond acceptors (Lipinski definition) is 8. The molecule has 2 aromatic carbocycles. The number of amides is 1. The van der Waals surface area contributed by atoms with Crippen LogP contribution in [-0.2, 0) is 9.59 Å². The number of carboxylic acids is 2. The molecular weight excluding hydrogens is 402 g/mol. The summed E-state index contributed by atoms with van der Waals surface area (Å²) in [7, 11) is 0. The lowest BCUT2D eigenvalue weighted by molar-refractivity contribution is -0.384. The Morgan fingerprint density at radius 1 is 1.03 bits per heavy atom. The minimum atomic E-state index is -1.25. The molecule has 0 aromatic heterocycles. The SMILES string of the molecule is O=C(O)COc1ccc(/C=N/NC(=O)c2cccc([N+](=O)[O-])c2)cc1OCC(=O)O. The first-order valence-electron chi connectivity index (χ1n) is 8.17. The number of nitro benzene ring substituents is 1. The molecule has 12 heteroatoms. The zero-order valence-electron chi connectivity index (χ0n) is 15.2. The van der Waals surface area contributed by atoms with Crippen LogP contribution in [0.4, 0.5) is 5.69 Å². The Labute approximate surface area is 168 Å². The fourth-order valence-corrected chi connectivity index (χ4v) is 2.11. The Morgan fingerprint density at radius 3 is 2.33 bits per heavy atom. The minimum Gasteiger partial charge on any atom is -0.479 e. The molecule has 0 saturated heterocycles. The van der Waals surface area contributed by atoms with E-state index in [0.717, 1.165) is 6.07 Å². The van der Waals surface area contributed by atoms with Gasteiger partial charge in [0.15, 0.2) is 24.7 Å². The number of aliphatic carboxylic acids is 2. The van der Waals surface area contributed by atoms with Gasteiger partial charge in [-0.05, 0) is 29.8 Å². The van der Waals surface area contributed by atoms with Gasteiger partial charge in [-0.2, -0.15) is 5.10 Å². The number of carbonyl (C=O) groups is 3. The van der Waals surface area contributed by atoms with E-state index in [9.17, 15) is 24.5 Å². The molecule has 0 unspecified atom stereocenters. The van der Waals surface area contributed by atoms with Crippen LogP contribution in [-0.4, -0.2) is 52.4 Å². The summed E-state index contributed by atoms with van der Waals surface area (Å²) in [6, 6.07) is 9.23. The molecular formula is C18H15N3O9. The number of benzene rings is 2. The molecule has 0 aliphatic heterocycles. The van der Waals surface area contributed by atoms with Crippen LogP contribution in [0, 0.1) is 10.1 Å². The average Bonchev–Trinajstić information content (AvgIpc) is 2.71. The molecule has 0 radical (unpaired) electrons. The molecule has 0 fully saturated rings. The van der Waals surface area contributed by atoms with Crippen LogP contribution in [0.5, 0.6) is 11.5 Å². The molecule has 0 atom stereocenters. The summed E-state index contributed by atoms with van der Waals surface area (Å²) in [4.78, 5) is 43.5. The number of nitro groups is 1. The van der Waals surface area contributed by atoms with E-state index >= 15 is 0 Å². The molecule has 0 bridgehead atoms. The van der Waals surface area contributed by atoms with Crippen molar-refractivity contribution in [2.45, 2.75) is 0 Å². The zero-order valence-corrected chi connectivity index (χ0v) is 15.2. The third-order valence-corrected chi connectivity index (χ3v) is 3.37. The Bertz CT molecular complexity index is 1000. The lowest BCUT2D eigenvalue weighted by Gasteiger charge is -2.11. The lowest BCUT2D eigenvalue weighted by atomic mass is 10.2. The Morgan fingerprint density at radius 2 is 1.70 bits per heavy atom. The number of hydrogen-bond donors (Lipinski definition) is 3. The van der Waals surface area contributed by atoms with Crippen molar-refractivity contribution in [1.82, 2.24) is 5.43 Å². The molecule has 12 nitrogen and oxygen atoms in total. The number of carboxylic acid groups (broad SMARTS) is 2.